The highest BCUT2D eigenvalue weighted by molar-refractivity contribution is 6.16. The van der Waals surface area contributed by atoms with Crippen molar-refractivity contribution in [2.24, 2.45) is 11.3 Å². The molecule has 5 heteroatoms. The molecule has 1 spiro atoms. The highest BCUT2D eigenvalue weighted by Crippen LogP contribution is 2.48. The smallest absolute Gasteiger partial charge is 0.154 e. The van der Waals surface area contributed by atoms with Crippen molar-refractivity contribution in [2.45, 2.75) is 32.1 Å². The molecule has 5 nitrogen and oxygen atoms in total. The van der Waals surface area contributed by atoms with Gasteiger partial charge in [-0.05, 0) is 43.0 Å². The average molecular weight is 289 g/mol. The van der Waals surface area contributed by atoms with Gasteiger partial charge in [-0.3, -0.25) is 9.59 Å². The van der Waals surface area contributed by atoms with Crippen LogP contribution in [-0.2, 0) is 14.3 Å². The normalized spacial score (nSPS) is 24.6. The molecule has 1 heterocycles. The molecule has 1 saturated heterocycles. The minimum absolute atomic E-state index is 0.000767. The van der Waals surface area contributed by atoms with Crippen molar-refractivity contribution in [2.75, 3.05) is 13.2 Å². The van der Waals surface area contributed by atoms with Gasteiger partial charge < -0.3 is 9.57 Å². The first kappa shape index (κ1) is 14.2. The molecular weight excluding hydrogens is 270 g/mol. The van der Waals surface area contributed by atoms with Gasteiger partial charge in [0.25, 0.3) is 0 Å². The quantitative estimate of drug-likeness (QED) is 0.662. The van der Waals surface area contributed by atoms with Crippen molar-refractivity contribution in [3.8, 4) is 5.75 Å². The molecule has 1 saturated carbocycles. The fourth-order valence-electron chi connectivity index (χ4n) is 3.48. The molecule has 1 aliphatic heterocycles. The van der Waals surface area contributed by atoms with Gasteiger partial charge in [0.15, 0.2) is 5.78 Å². The summed E-state index contributed by atoms with van der Waals surface area (Å²) in [7, 11) is 0. The Labute approximate surface area is 123 Å². The van der Waals surface area contributed by atoms with Crippen molar-refractivity contribution in [1.82, 2.24) is 0 Å². The summed E-state index contributed by atoms with van der Waals surface area (Å²) in [5.74, 6) is 5.00. The van der Waals surface area contributed by atoms with Gasteiger partial charge in [-0.1, -0.05) is 6.07 Å². The molecule has 0 radical (unpaired) electrons. The SMILES string of the molecule is Cc1ccc(ON)cc1C1C(=O)CC2(CCOCC2)C1=O. The van der Waals surface area contributed by atoms with Crippen molar-refractivity contribution in [3.63, 3.8) is 0 Å². The van der Waals surface area contributed by atoms with Crippen LogP contribution < -0.4 is 10.7 Å². The molecule has 1 atom stereocenters. The second-order valence-electron chi connectivity index (χ2n) is 5.97. The van der Waals surface area contributed by atoms with Gasteiger partial charge in [0.2, 0.25) is 0 Å². The van der Waals surface area contributed by atoms with E-state index in [0.717, 1.165) is 11.1 Å². The molecule has 1 unspecified atom stereocenters. The maximum absolute atomic E-state index is 12.9. The molecule has 21 heavy (non-hydrogen) atoms. The van der Waals surface area contributed by atoms with Gasteiger partial charge >= 0.3 is 0 Å². The number of Topliss-reactive ketones (excluding diaryl/α,β-unsaturated/α-hetero) is 2. The Bertz CT molecular complexity index is 590. The number of hydrogen-bond donors (Lipinski definition) is 1. The third-order valence-electron chi connectivity index (χ3n) is 4.77. The van der Waals surface area contributed by atoms with Crippen LogP contribution in [0.3, 0.4) is 0 Å². The molecule has 1 aliphatic carbocycles. The van der Waals surface area contributed by atoms with E-state index in [4.69, 9.17) is 15.5 Å². The number of carbonyl (C=O) groups excluding carboxylic acids is 2. The lowest BCUT2D eigenvalue weighted by molar-refractivity contribution is -0.131. The summed E-state index contributed by atoms with van der Waals surface area (Å²) < 4.78 is 5.34. The first-order chi connectivity index (χ1) is 10.1. The number of hydrogen-bond acceptors (Lipinski definition) is 5. The van der Waals surface area contributed by atoms with E-state index in [1.165, 1.54) is 0 Å². The summed E-state index contributed by atoms with van der Waals surface area (Å²) in [4.78, 5) is 30.1. The van der Waals surface area contributed by atoms with E-state index in [1.54, 1.807) is 12.1 Å². The third kappa shape index (κ3) is 2.26. The zero-order valence-electron chi connectivity index (χ0n) is 12.1. The Kier molecular flexibility index (Phi) is 3.55. The van der Waals surface area contributed by atoms with Gasteiger partial charge in [0, 0.05) is 25.0 Å². The number of nitrogens with two attached hydrogens (primary N) is 1. The number of ether oxygens (including phenoxy) is 1. The van der Waals surface area contributed by atoms with Crippen molar-refractivity contribution in [3.05, 3.63) is 29.3 Å². The van der Waals surface area contributed by atoms with E-state index >= 15 is 0 Å². The lowest BCUT2D eigenvalue weighted by atomic mass is 9.76. The van der Waals surface area contributed by atoms with Crippen LogP contribution in [0.15, 0.2) is 18.2 Å². The summed E-state index contributed by atoms with van der Waals surface area (Å²) in [6.45, 7) is 3.00. The van der Waals surface area contributed by atoms with Gasteiger partial charge in [0.1, 0.15) is 17.5 Å². The molecule has 2 N–H and O–H groups in total. The Balaban J connectivity index is 1.99. The lowest BCUT2D eigenvalue weighted by Gasteiger charge is -2.31. The maximum atomic E-state index is 12.9. The second-order valence-corrected chi connectivity index (χ2v) is 5.97. The minimum Gasteiger partial charge on any atom is -0.412 e. The van der Waals surface area contributed by atoms with Crippen LogP contribution in [0.2, 0.25) is 0 Å². The van der Waals surface area contributed by atoms with Crippen LogP contribution in [0.1, 0.15) is 36.3 Å². The molecule has 0 amide bonds. The number of benzene rings is 1. The Hall–Kier alpha value is -1.72. The van der Waals surface area contributed by atoms with E-state index in [-0.39, 0.29) is 11.6 Å². The number of rotatable bonds is 2. The van der Waals surface area contributed by atoms with Gasteiger partial charge in [-0.15, -0.1) is 0 Å². The van der Waals surface area contributed by atoms with Gasteiger partial charge in [0.05, 0.1) is 0 Å². The van der Waals surface area contributed by atoms with Crippen LogP contribution in [0.25, 0.3) is 0 Å². The zero-order valence-corrected chi connectivity index (χ0v) is 12.1. The average Bonchev–Trinajstić information content (AvgIpc) is 2.72. The predicted molar refractivity (Wildman–Crippen MR) is 75.9 cm³/mol. The maximum Gasteiger partial charge on any atom is 0.154 e. The van der Waals surface area contributed by atoms with Crippen molar-refractivity contribution in [1.29, 1.82) is 0 Å². The fourth-order valence-corrected chi connectivity index (χ4v) is 3.48. The van der Waals surface area contributed by atoms with Crippen molar-refractivity contribution >= 4 is 11.6 Å². The second kappa shape index (κ2) is 5.24. The Morgan fingerprint density at radius 1 is 1.29 bits per heavy atom. The zero-order chi connectivity index (χ0) is 15.0. The molecule has 3 rings (SSSR count). The Morgan fingerprint density at radius 3 is 2.67 bits per heavy atom. The molecule has 1 aromatic carbocycles. The first-order valence-electron chi connectivity index (χ1n) is 7.19. The standard InChI is InChI=1S/C16H19NO4/c1-10-2-3-11(21-17)8-12(10)14-13(18)9-16(15(14)19)4-6-20-7-5-16/h2-3,8,14H,4-7,9,17H2,1H3. The van der Waals surface area contributed by atoms with Gasteiger partial charge in [-0.2, -0.15) is 5.90 Å². The summed E-state index contributed by atoms with van der Waals surface area (Å²) in [6.07, 6.45) is 1.60. The Morgan fingerprint density at radius 2 is 2.00 bits per heavy atom. The van der Waals surface area contributed by atoms with E-state index in [0.29, 0.717) is 38.2 Å². The number of ketones is 2. The van der Waals surface area contributed by atoms with Crippen molar-refractivity contribution < 1.29 is 19.2 Å². The monoisotopic (exact) mass is 289 g/mol. The molecule has 112 valence electrons. The van der Waals surface area contributed by atoms with Crippen LogP contribution in [0.5, 0.6) is 5.75 Å². The molecule has 2 aliphatic rings. The van der Waals surface area contributed by atoms with E-state index in [2.05, 4.69) is 0 Å². The topological polar surface area (TPSA) is 78.6 Å². The third-order valence-corrected chi connectivity index (χ3v) is 4.77. The van der Waals surface area contributed by atoms with Crippen LogP contribution in [0.4, 0.5) is 0 Å². The summed E-state index contributed by atoms with van der Waals surface area (Å²) in [5.41, 5.74) is 1.11. The molecule has 2 fully saturated rings. The fraction of sp³-hybridized carbons (Fsp3) is 0.500. The van der Waals surface area contributed by atoms with Crippen LogP contribution in [-0.4, -0.2) is 24.8 Å². The van der Waals surface area contributed by atoms with Crippen LogP contribution >= 0.6 is 0 Å². The molecule has 0 aromatic heterocycles. The lowest BCUT2D eigenvalue weighted by Crippen LogP contribution is -2.34. The predicted octanol–water partition coefficient (Wildman–Crippen LogP) is 1.67. The summed E-state index contributed by atoms with van der Waals surface area (Å²) in [5, 5.41) is 0. The first-order valence-corrected chi connectivity index (χ1v) is 7.19. The van der Waals surface area contributed by atoms with E-state index in [1.807, 2.05) is 13.0 Å². The summed E-state index contributed by atoms with van der Waals surface area (Å²) in [6, 6.07) is 5.26. The number of aryl methyl sites for hydroxylation is 1. The van der Waals surface area contributed by atoms with E-state index < -0.39 is 11.3 Å². The summed E-state index contributed by atoms with van der Waals surface area (Å²) >= 11 is 0. The molecular formula is C16H19NO4. The van der Waals surface area contributed by atoms with Gasteiger partial charge in [-0.25, -0.2) is 0 Å². The van der Waals surface area contributed by atoms with E-state index in [9.17, 15) is 9.59 Å². The number of carbonyl (C=O) groups is 2. The molecule has 0 bridgehead atoms. The largest absolute Gasteiger partial charge is 0.412 e. The minimum atomic E-state index is -0.682. The molecule has 1 aromatic rings. The highest BCUT2D eigenvalue weighted by atomic mass is 16.6. The highest BCUT2D eigenvalue weighted by Gasteiger charge is 2.53. The van der Waals surface area contributed by atoms with Crippen LogP contribution in [0, 0.1) is 12.3 Å².